The standard InChI is InChI=1S/C20H24N2O5S/c1-4-27-19-10-8-16(9-11-19)13-21-20(24)14-22(28(3,25)26)18-7-5-6-17(12-18)15(2)23/h5-12H,4,13-14H2,1-3H3,(H,21,24). The minimum absolute atomic E-state index is 0.185. The smallest absolute Gasteiger partial charge is 0.241 e. The number of ether oxygens (including phenoxy) is 1. The van der Waals surface area contributed by atoms with Crippen molar-refractivity contribution >= 4 is 27.4 Å². The summed E-state index contributed by atoms with van der Waals surface area (Å²) in [5.74, 6) is 0.106. The van der Waals surface area contributed by atoms with Crippen molar-refractivity contribution in [2.45, 2.75) is 20.4 Å². The van der Waals surface area contributed by atoms with E-state index in [-0.39, 0.29) is 24.6 Å². The number of nitrogens with one attached hydrogen (secondary N) is 1. The topological polar surface area (TPSA) is 92.8 Å². The average molecular weight is 404 g/mol. The van der Waals surface area contributed by atoms with Gasteiger partial charge in [0.15, 0.2) is 5.78 Å². The van der Waals surface area contributed by atoms with E-state index in [4.69, 9.17) is 4.74 Å². The highest BCUT2D eigenvalue weighted by Gasteiger charge is 2.21. The zero-order chi connectivity index (χ0) is 20.7. The molecule has 0 aromatic heterocycles. The molecule has 0 fully saturated rings. The van der Waals surface area contributed by atoms with Gasteiger partial charge >= 0.3 is 0 Å². The third-order valence-electron chi connectivity index (χ3n) is 3.95. The zero-order valence-corrected chi connectivity index (χ0v) is 17.0. The summed E-state index contributed by atoms with van der Waals surface area (Å²) in [5, 5.41) is 2.71. The summed E-state index contributed by atoms with van der Waals surface area (Å²) >= 11 is 0. The minimum atomic E-state index is -3.71. The van der Waals surface area contributed by atoms with Gasteiger partial charge in [-0.15, -0.1) is 0 Å². The van der Waals surface area contributed by atoms with Gasteiger partial charge in [0.1, 0.15) is 12.3 Å². The van der Waals surface area contributed by atoms with Crippen molar-refractivity contribution in [1.82, 2.24) is 5.32 Å². The lowest BCUT2D eigenvalue weighted by Gasteiger charge is -2.22. The van der Waals surface area contributed by atoms with Crippen LogP contribution >= 0.6 is 0 Å². The minimum Gasteiger partial charge on any atom is -0.494 e. The van der Waals surface area contributed by atoms with E-state index in [1.54, 1.807) is 30.3 Å². The number of nitrogens with zero attached hydrogens (tertiary/aromatic N) is 1. The molecule has 0 saturated heterocycles. The van der Waals surface area contributed by atoms with Crippen LogP contribution < -0.4 is 14.4 Å². The molecule has 1 amide bonds. The van der Waals surface area contributed by atoms with Crippen LogP contribution in [-0.2, 0) is 21.4 Å². The fraction of sp³-hybridized carbons (Fsp3) is 0.300. The second kappa shape index (κ2) is 9.36. The first-order chi connectivity index (χ1) is 13.2. The molecule has 0 unspecified atom stereocenters. The van der Waals surface area contributed by atoms with Crippen LogP contribution in [0.15, 0.2) is 48.5 Å². The summed E-state index contributed by atoms with van der Waals surface area (Å²) in [6, 6.07) is 13.5. The number of carbonyl (C=O) groups excluding carboxylic acids is 2. The lowest BCUT2D eigenvalue weighted by molar-refractivity contribution is -0.119. The van der Waals surface area contributed by atoms with Crippen LogP contribution in [0.5, 0.6) is 5.75 Å². The van der Waals surface area contributed by atoms with E-state index in [1.165, 1.54) is 13.0 Å². The largest absolute Gasteiger partial charge is 0.494 e. The maximum atomic E-state index is 12.3. The van der Waals surface area contributed by atoms with Gasteiger partial charge in [0.2, 0.25) is 15.9 Å². The number of benzene rings is 2. The Labute approximate surface area is 165 Å². The molecule has 0 saturated carbocycles. The summed E-state index contributed by atoms with van der Waals surface area (Å²) in [6.07, 6.45) is 1.02. The Hall–Kier alpha value is -2.87. The van der Waals surface area contributed by atoms with E-state index in [9.17, 15) is 18.0 Å². The molecule has 0 aliphatic heterocycles. The SMILES string of the molecule is CCOc1ccc(CNC(=O)CN(c2cccc(C(C)=O)c2)S(C)(=O)=O)cc1. The number of rotatable bonds is 9. The fourth-order valence-corrected chi connectivity index (χ4v) is 3.39. The molecule has 7 nitrogen and oxygen atoms in total. The number of anilines is 1. The Morgan fingerprint density at radius 1 is 1.11 bits per heavy atom. The highest BCUT2D eigenvalue weighted by molar-refractivity contribution is 7.92. The van der Waals surface area contributed by atoms with E-state index >= 15 is 0 Å². The quantitative estimate of drug-likeness (QED) is 0.648. The van der Waals surface area contributed by atoms with Crippen molar-refractivity contribution in [1.29, 1.82) is 0 Å². The molecular formula is C20H24N2O5S. The van der Waals surface area contributed by atoms with E-state index in [2.05, 4.69) is 5.32 Å². The summed E-state index contributed by atoms with van der Waals surface area (Å²) in [5.41, 5.74) is 1.51. The zero-order valence-electron chi connectivity index (χ0n) is 16.1. The number of Topliss-reactive ketones (excluding diaryl/α,β-unsaturated/α-hetero) is 1. The van der Waals surface area contributed by atoms with Crippen molar-refractivity contribution in [3.63, 3.8) is 0 Å². The first-order valence-electron chi connectivity index (χ1n) is 8.78. The molecule has 0 heterocycles. The summed E-state index contributed by atoms with van der Waals surface area (Å²) in [7, 11) is -3.71. The number of ketones is 1. The Morgan fingerprint density at radius 3 is 2.36 bits per heavy atom. The molecule has 0 spiro atoms. The average Bonchev–Trinajstić information content (AvgIpc) is 2.65. The molecule has 0 bridgehead atoms. The van der Waals surface area contributed by atoms with Gasteiger partial charge in [-0.2, -0.15) is 0 Å². The molecule has 2 aromatic rings. The second-order valence-electron chi connectivity index (χ2n) is 6.23. The molecule has 1 N–H and O–H groups in total. The molecule has 0 aliphatic rings. The van der Waals surface area contributed by atoms with Gasteiger partial charge in [-0.1, -0.05) is 24.3 Å². The van der Waals surface area contributed by atoms with Crippen molar-refractivity contribution in [3.8, 4) is 5.75 Å². The highest BCUT2D eigenvalue weighted by atomic mass is 32.2. The van der Waals surface area contributed by atoms with Crippen LogP contribution in [0, 0.1) is 0 Å². The van der Waals surface area contributed by atoms with E-state index < -0.39 is 15.9 Å². The predicted octanol–water partition coefficient (Wildman–Crippen LogP) is 2.37. The number of amides is 1. The predicted molar refractivity (Wildman–Crippen MR) is 108 cm³/mol. The molecular weight excluding hydrogens is 380 g/mol. The van der Waals surface area contributed by atoms with Crippen LogP contribution in [0.1, 0.15) is 29.8 Å². The van der Waals surface area contributed by atoms with Crippen molar-refractivity contribution < 1.29 is 22.7 Å². The Bertz CT molecular complexity index is 939. The van der Waals surface area contributed by atoms with Crippen LogP contribution in [-0.4, -0.2) is 39.5 Å². The molecule has 0 radical (unpaired) electrons. The van der Waals surface area contributed by atoms with Crippen LogP contribution in [0.25, 0.3) is 0 Å². The van der Waals surface area contributed by atoms with Crippen LogP contribution in [0.4, 0.5) is 5.69 Å². The van der Waals surface area contributed by atoms with Crippen molar-refractivity contribution in [2.75, 3.05) is 23.7 Å². The molecule has 0 aliphatic carbocycles. The molecule has 2 aromatic carbocycles. The monoisotopic (exact) mass is 404 g/mol. The Kier molecular flexibility index (Phi) is 7.17. The summed E-state index contributed by atoms with van der Waals surface area (Å²) in [4.78, 5) is 23.9. The number of sulfonamides is 1. The van der Waals surface area contributed by atoms with Crippen LogP contribution in [0.3, 0.4) is 0 Å². The summed E-state index contributed by atoms with van der Waals surface area (Å²) < 4.78 is 30.7. The van der Waals surface area contributed by atoms with E-state index in [0.717, 1.165) is 21.9 Å². The molecule has 2 rings (SSSR count). The van der Waals surface area contributed by atoms with Gasteiger partial charge in [-0.25, -0.2) is 8.42 Å². The second-order valence-corrected chi connectivity index (χ2v) is 8.14. The van der Waals surface area contributed by atoms with Crippen LogP contribution in [0.2, 0.25) is 0 Å². The van der Waals surface area contributed by atoms with Gasteiger partial charge < -0.3 is 10.1 Å². The van der Waals surface area contributed by atoms with Gasteiger partial charge in [0.25, 0.3) is 0 Å². The van der Waals surface area contributed by atoms with E-state index in [1.807, 2.05) is 19.1 Å². The highest BCUT2D eigenvalue weighted by Crippen LogP contribution is 2.19. The first-order valence-corrected chi connectivity index (χ1v) is 10.6. The molecule has 150 valence electrons. The molecule has 8 heteroatoms. The summed E-state index contributed by atoms with van der Waals surface area (Å²) in [6.45, 7) is 3.75. The lowest BCUT2D eigenvalue weighted by atomic mass is 10.1. The maximum Gasteiger partial charge on any atom is 0.241 e. The van der Waals surface area contributed by atoms with Gasteiger partial charge in [-0.3, -0.25) is 13.9 Å². The number of hydrogen-bond donors (Lipinski definition) is 1. The molecule has 0 atom stereocenters. The third kappa shape index (κ3) is 6.09. The van der Waals surface area contributed by atoms with Gasteiger partial charge in [-0.05, 0) is 43.7 Å². The normalized spacial score (nSPS) is 11.0. The van der Waals surface area contributed by atoms with Gasteiger partial charge in [0, 0.05) is 12.1 Å². The maximum absolute atomic E-state index is 12.3. The Balaban J connectivity index is 2.07. The lowest BCUT2D eigenvalue weighted by Crippen LogP contribution is -2.40. The molecule has 28 heavy (non-hydrogen) atoms. The van der Waals surface area contributed by atoms with Gasteiger partial charge in [0.05, 0.1) is 18.6 Å². The third-order valence-corrected chi connectivity index (χ3v) is 5.09. The van der Waals surface area contributed by atoms with Crippen molar-refractivity contribution in [2.24, 2.45) is 0 Å². The number of hydrogen-bond acceptors (Lipinski definition) is 5. The fourth-order valence-electron chi connectivity index (χ4n) is 2.54. The van der Waals surface area contributed by atoms with E-state index in [0.29, 0.717) is 12.2 Å². The number of carbonyl (C=O) groups is 2. The Morgan fingerprint density at radius 2 is 1.79 bits per heavy atom. The first kappa shape index (κ1) is 21.4. The van der Waals surface area contributed by atoms with Crippen molar-refractivity contribution in [3.05, 3.63) is 59.7 Å².